The largest absolute Gasteiger partial charge is 0.438 e. The van der Waals surface area contributed by atoms with Crippen LogP contribution >= 0.6 is 22.8 Å². The lowest BCUT2D eigenvalue weighted by Crippen LogP contribution is -2.25. The molecule has 6 N–H and O–H groups in total. The first-order chi connectivity index (χ1) is 47.2. The molecule has 0 amide bonds. The summed E-state index contributed by atoms with van der Waals surface area (Å²) in [6.07, 6.45) is 7.14. The van der Waals surface area contributed by atoms with E-state index in [0.717, 1.165) is 0 Å². The number of rotatable bonds is 33. The first-order valence-electron chi connectivity index (χ1n) is 31.3. The molecule has 0 saturated carbocycles. The summed E-state index contributed by atoms with van der Waals surface area (Å²) in [4.78, 5) is 108. The number of anilines is 3. The Labute approximate surface area is 589 Å². The van der Waals surface area contributed by atoms with Gasteiger partial charge in [-0.15, -0.1) is 0 Å². The number of hydrogen-bond donors (Lipinski definition) is 3. The molecule has 0 aliphatic heterocycles. The van der Waals surface area contributed by atoms with Gasteiger partial charge < -0.3 is 73.5 Å². The van der Waals surface area contributed by atoms with Gasteiger partial charge in [0, 0.05) is 19.6 Å². The van der Waals surface area contributed by atoms with Crippen LogP contribution in [0.25, 0.3) is 33.5 Å². The molecule has 0 aliphatic carbocycles. The molecule has 0 aromatic carbocycles. The van der Waals surface area contributed by atoms with Crippen LogP contribution in [-0.2, 0) is 132 Å². The second-order valence-electron chi connectivity index (χ2n) is 28.1. The lowest BCUT2D eigenvalue weighted by Gasteiger charge is -2.22. The Morgan fingerprint density at radius 3 is 0.686 bits per heavy atom. The van der Waals surface area contributed by atoms with E-state index in [4.69, 9.17) is 87.0 Å². The summed E-state index contributed by atoms with van der Waals surface area (Å²) in [7, 11) is -11.8. The first-order valence-corrected chi connectivity index (χ1v) is 36.5. The molecule has 6 rings (SSSR count). The smallest absolute Gasteiger partial charge is 0.361 e. The van der Waals surface area contributed by atoms with Gasteiger partial charge >= 0.3 is 58.6 Å². The highest BCUT2D eigenvalue weighted by molar-refractivity contribution is 7.54. The fourth-order valence-corrected chi connectivity index (χ4v) is 9.81. The van der Waals surface area contributed by atoms with Gasteiger partial charge in [-0.1, -0.05) is 0 Å². The summed E-state index contributed by atoms with van der Waals surface area (Å²) < 4.78 is 122. The van der Waals surface area contributed by atoms with Crippen molar-refractivity contribution < 1.29 is 112 Å². The molecule has 0 spiro atoms. The van der Waals surface area contributed by atoms with Crippen LogP contribution < -0.4 is 17.2 Å². The van der Waals surface area contributed by atoms with Crippen molar-refractivity contribution in [2.75, 3.05) is 96.8 Å². The van der Waals surface area contributed by atoms with Crippen LogP contribution in [0.15, 0.2) is 38.0 Å². The van der Waals surface area contributed by atoms with Crippen LogP contribution in [0.1, 0.15) is 125 Å². The van der Waals surface area contributed by atoms with Gasteiger partial charge in [0.1, 0.15) is 54.6 Å². The number of ether oxygens (including phenoxy) is 9. The van der Waals surface area contributed by atoms with E-state index in [1.54, 1.807) is 138 Å². The molecule has 6 heterocycles. The summed E-state index contributed by atoms with van der Waals surface area (Å²) in [5, 5.41) is 0. The number of nitrogens with zero attached hydrogens (tertiary/aromatic N) is 12. The zero-order chi connectivity index (χ0) is 76.7. The van der Waals surface area contributed by atoms with E-state index in [9.17, 15) is 42.5 Å². The average molecular weight is 1500 g/mol. The van der Waals surface area contributed by atoms with Crippen molar-refractivity contribution in [3.8, 4) is 0 Å². The maximum atomic E-state index is 13.1. The Morgan fingerprint density at radius 2 is 0.510 bits per heavy atom. The van der Waals surface area contributed by atoms with Gasteiger partial charge in [0.05, 0.1) is 71.3 Å². The molecule has 0 aliphatic rings. The van der Waals surface area contributed by atoms with Gasteiger partial charge in [0.25, 0.3) is 0 Å². The van der Waals surface area contributed by atoms with Crippen molar-refractivity contribution in [1.29, 1.82) is 0 Å². The minimum Gasteiger partial charge on any atom is -0.438 e. The van der Waals surface area contributed by atoms with Crippen molar-refractivity contribution in [2.45, 2.75) is 144 Å². The minimum atomic E-state index is -3.95. The molecule has 570 valence electrons. The van der Waals surface area contributed by atoms with Gasteiger partial charge in [0.15, 0.2) is 34.4 Å². The van der Waals surface area contributed by atoms with Crippen molar-refractivity contribution in [3.05, 3.63) is 38.0 Å². The zero-order valence-electron chi connectivity index (χ0n) is 60.8. The van der Waals surface area contributed by atoms with E-state index in [1.165, 1.54) is 38.0 Å². The molecule has 102 heavy (non-hydrogen) atoms. The lowest BCUT2D eigenvalue weighted by molar-refractivity contribution is -0.164. The lowest BCUT2D eigenvalue weighted by atomic mass is 9.98. The van der Waals surface area contributed by atoms with E-state index in [2.05, 4.69) is 44.9 Å². The Balaban J connectivity index is 0.000000324. The molecule has 39 nitrogen and oxygen atoms in total. The van der Waals surface area contributed by atoms with Crippen LogP contribution in [0.2, 0.25) is 0 Å². The van der Waals surface area contributed by atoms with Gasteiger partial charge in [-0.25, -0.2) is 44.9 Å². The van der Waals surface area contributed by atoms with E-state index >= 15 is 0 Å². The molecule has 42 heteroatoms. The van der Waals surface area contributed by atoms with E-state index in [1.807, 2.05) is 0 Å². The Bertz CT molecular complexity index is 3420. The Hall–Kier alpha value is -7.80. The van der Waals surface area contributed by atoms with E-state index < -0.39 is 151 Å². The number of fused-ring (bicyclic) bond motifs is 3. The molecular formula is C60H96N15O24P3. The normalized spacial score (nSPS) is 12.6. The average Bonchev–Trinajstić information content (AvgIpc) is 1.68. The van der Waals surface area contributed by atoms with Crippen molar-refractivity contribution in [3.63, 3.8) is 0 Å². The van der Waals surface area contributed by atoms with Crippen LogP contribution in [0, 0.1) is 32.5 Å². The van der Waals surface area contributed by atoms with Crippen LogP contribution in [0.3, 0.4) is 0 Å². The Morgan fingerprint density at radius 1 is 0.324 bits per heavy atom. The summed E-state index contributed by atoms with van der Waals surface area (Å²) in [5.41, 5.74) is 15.6. The summed E-state index contributed by atoms with van der Waals surface area (Å²) in [5.74, 6) is -2.53. The predicted molar refractivity (Wildman–Crippen MR) is 363 cm³/mol. The van der Waals surface area contributed by atoms with Crippen molar-refractivity contribution >= 4 is 110 Å². The number of carbonyl (C=O) groups excluding carboxylic acids is 6. The van der Waals surface area contributed by atoms with Gasteiger partial charge in [-0.2, -0.15) is 0 Å². The molecule has 0 saturated heterocycles. The maximum Gasteiger partial charge on any atom is 0.361 e. The van der Waals surface area contributed by atoms with Crippen LogP contribution in [-0.4, -0.2) is 174 Å². The SMILES string of the molecule is CC(C)(C)C(=O)OCOP(=O)(COCCn1cnc2c(N)ncnc21)OCOC(=O)C(C)(C)C.CC(C)(C)C(=O)OCOP(=O)(COCCn1cnc2c(N)ncnc21)OCOC(=O)C(C)(C)C.CC(C)(C)C(=O)OCOP(=O)(COCCn1cnc2c(N)ncnc21)OCOC(=O)C(C)(C)C. The molecule has 0 atom stereocenters. The second-order valence-corrected chi connectivity index (χ2v) is 34.1. The summed E-state index contributed by atoms with van der Waals surface area (Å²) >= 11 is 0. The highest BCUT2D eigenvalue weighted by Gasteiger charge is 2.35. The number of imidazole rings is 3. The predicted octanol–water partition coefficient (Wildman–Crippen LogP) is 8.11. The van der Waals surface area contributed by atoms with Crippen molar-refractivity contribution in [1.82, 2.24) is 58.6 Å². The highest BCUT2D eigenvalue weighted by Crippen LogP contribution is 2.50. The molecule has 0 fully saturated rings. The number of nitrogens with two attached hydrogens (primary N) is 3. The number of nitrogen functional groups attached to an aromatic ring is 3. The first kappa shape index (κ1) is 86.6. The van der Waals surface area contributed by atoms with E-state index in [-0.39, 0.29) is 37.3 Å². The molecule has 6 aromatic heterocycles. The molecule has 0 bridgehead atoms. The minimum absolute atomic E-state index is 0.0929. The summed E-state index contributed by atoms with van der Waals surface area (Å²) in [6.45, 7) is 27.5. The third-order valence-electron chi connectivity index (χ3n) is 12.8. The third-order valence-corrected chi connectivity index (χ3v) is 17.3. The summed E-state index contributed by atoms with van der Waals surface area (Å²) in [6, 6.07) is 0. The third kappa shape index (κ3) is 28.8. The van der Waals surface area contributed by atoms with Crippen molar-refractivity contribution in [2.24, 2.45) is 32.5 Å². The standard InChI is InChI=1S/3C20H32N5O8P/c3*1-19(2,3)17(26)30-11-32-34(28,33-12-31-18(27)20(4,5)6)13-29-8-7-25-10-24-14-15(21)22-9-23-16(14)25/h3*9-10H,7-8,11-13H2,1-6H3,(H2,21,22,23). The zero-order valence-corrected chi connectivity index (χ0v) is 63.5. The molecule has 0 unspecified atom stereocenters. The van der Waals surface area contributed by atoms with Crippen LogP contribution in [0.4, 0.5) is 17.5 Å². The Kier molecular flexibility index (Phi) is 31.9. The second kappa shape index (κ2) is 37.6. The number of esters is 6. The quantitative estimate of drug-likeness (QED) is 0.0115. The monoisotopic (exact) mass is 1500 g/mol. The molecular weight excluding hydrogens is 1410 g/mol. The number of hydrogen-bond acceptors (Lipinski definition) is 36. The fraction of sp³-hybridized carbons (Fsp3) is 0.650. The number of carbonyl (C=O) groups is 6. The fourth-order valence-electron chi connectivity index (χ4n) is 6.80. The van der Waals surface area contributed by atoms with Gasteiger partial charge in [-0.05, 0) is 125 Å². The highest BCUT2D eigenvalue weighted by atomic mass is 31.2. The topological polar surface area (TPSA) is 501 Å². The number of aromatic nitrogens is 12. The van der Waals surface area contributed by atoms with E-state index in [0.29, 0.717) is 53.1 Å². The molecule has 6 aromatic rings. The van der Waals surface area contributed by atoms with Gasteiger partial charge in [0.2, 0.25) is 40.8 Å². The van der Waals surface area contributed by atoms with Crippen LogP contribution in [0.5, 0.6) is 0 Å². The maximum absolute atomic E-state index is 13.1. The molecule has 0 radical (unpaired) electrons. The van der Waals surface area contributed by atoms with Gasteiger partial charge in [-0.3, -0.25) is 69.6 Å².